The Bertz CT molecular complexity index is 1090. The molecule has 2 aliphatic rings. The van der Waals surface area contributed by atoms with Crippen LogP contribution in [0.5, 0.6) is 0 Å². The highest BCUT2D eigenvalue weighted by molar-refractivity contribution is 7.16. The van der Waals surface area contributed by atoms with Crippen molar-refractivity contribution in [3.05, 3.63) is 76.3 Å². The lowest BCUT2D eigenvalue weighted by Crippen LogP contribution is -2.32. The molecule has 0 spiro atoms. The summed E-state index contributed by atoms with van der Waals surface area (Å²) in [4.78, 5) is 34.1. The van der Waals surface area contributed by atoms with E-state index in [1.54, 1.807) is 0 Å². The summed E-state index contributed by atoms with van der Waals surface area (Å²) >= 11 is 1.49. The minimum absolute atomic E-state index is 0.0648. The van der Waals surface area contributed by atoms with Crippen LogP contribution >= 0.6 is 11.3 Å². The number of benzene rings is 2. The zero-order valence-electron chi connectivity index (χ0n) is 16.3. The minimum atomic E-state index is -0.475. The number of anilines is 2. The van der Waals surface area contributed by atoms with Gasteiger partial charge in [-0.25, -0.2) is 9.88 Å². The largest absolute Gasteiger partial charge is 0.365 e. The van der Waals surface area contributed by atoms with Gasteiger partial charge in [-0.05, 0) is 31.0 Å². The SMILES string of the molecule is CNc1nc2c(s1)[C@@H]1C(=O)N(c3ccccc3)C(=O)[C@@H]1[C@H](c1ccc(C)cc1)C2. The van der Waals surface area contributed by atoms with Crippen LogP contribution in [0.4, 0.5) is 10.8 Å². The molecular weight excluding hydrogens is 382 g/mol. The first-order chi connectivity index (χ1) is 14.1. The van der Waals surface area contributed by atoms with Crippen molar-refractivity contribution in [1.82, 2.24) is 4.98 Å². The predicted molar refractivity (Wildman–Crippen MR) is 114 cm³/mol. The first kappa shape index (κ1) is 18.1. The van der Waals surface area contributed by atoms with Gasteiger partial charge < -0.3 is 5.32 Å². The van der Waals surface area contributed by atoms with E-state index in [0.29, 0.717) is 12.1 Å². The highest BCUT2D eigenvalue weighted by atomic mass is 32.1. The molecule has 0 saturated carbocycles. The molecule has 1 aromatic heterocycles. The molecule has 2 heterocycles. The van der Waals surface area contributed by atoms with Crippen molar-refractivity contribution >= 4 is 34.0 Å². The van der Waals surface area contributed by atoms with Crippen LogP contribution in [0, 0.1) is 12.8 Å². The maximum absolute atomic E-state index is 13.6. The summed E-state index contributed by atoms with van der Waals surface area (Å²) in [6.07, 6.45) is 0.666. The van der Waals surface area contributed by atoms with Crippen LogP contribution in [0.25, 0.3) is 0 Å². The van der Waals surface area contributed by atoms with Crippen LogP contribution in [-0.2, 0) is 16.0 Å². The van der Waals surface area contributed by atoms with E-state index in [1.807, 2.05) is 44.3 Å². The number of carbonyl (C=O) groups excluding carboxylic acids is 2. The van der Waals surface area contributed by atoms with Gasteiger partial charge in [0.05, 0.1) is 23.2 Å². The number of para-hydroxylation sites is 1. The summed E-state index contributed by atoms with van der Waals surface area (Å²) in [5.41, 5.74) is 3.83. The number of carbonyl (C=O) groups is 2. The van der Waals surface area contributed by atoms with Crippen LogP contribution in [0.15, 0.2) is 54.6 Å². The molecule has 3 aromatic rings. The van der Waals surface area contributed by atoms with E-state index in [2.05, 4.69) is 29.6 Å². The Balaban J connectivity index is 1.65. The van der Waals surface area contributed by atoms with Gasteiger partial charge in [0.15, 0.2) is 5.13 Å². The second-order valence-corrected chi connectivity index (χ2v) is 8.68. The van der Waals surface area contributed by atoms with Crippen molar-refractivity contribution in [2.45, 2.75) is 25.2 Å². The third-order valence-corrected chi connectivity index (χ3v) is 7.14. The van der Waals surface area contributed by atoms with Crippen molar-refractivity contribution in [2.75, 3.05) is 17.3 Å². The van der Waals surface area contributed by atoms with Crippen LogP contribution in [-0.4, -0.2) is 23.8 Å². The normalized spacial score (nSPS) is 23.1. The molecule has 146 valence electrons. The van der Waals surface area contributed by atoms with Gasteiger partial charge in [-0.2, -0.15) is 0 Å². The lowest BCUT2D eigenvalue weighted by Gasteiger charge is -2.30. The maximum Gasteiger partial charge on any atom is 0.243 e. The molecule has 0 bridgehead atoms. The molecule has 3 atom stereocenters. The monoisotopic (exact) mass is 403 g/mol. The fourth-order valence-corrected chi connectivity index (χ4v) is 5.63. The van der Waals surface area contributed by atoms with E-state index in [0.717, 1.165) is 21.3 Å². The number of rotatable bonds is 3. The number of nitrogens with one attached hydrogen (secondary N) is 1. The second kappa shape index (κ2) is 6.81. The molecule has 2 aromatic carbocycles. The quantitative estimate of drug-likeness (QED) is 0.669. The second-order valence-electron chi connectivity index (χ2n) is 7.65. The fourth-order valence-electron chi connectivity index (χ4n) is 4.54. The molecule has 29 heavy (non-hydrogen) atoms. The van der Waals surface area contributed by atoms with E-state index in [-0.39, 0.29) is 17.7 Å². The smallest absolute Gasteiger partial charge is 0.243 e. The number of amides is 2. The molecule has 1 N–H and O–H groups in total. The van der Waals surface area contributed by atoms with E-state index in [1.165, 1.54) is 21.8 Å². The molecule has 5 rings (SSSR count). The first-order valence-corrected chi connectivity index (χ1v) is 10.6. The molecule has 6 heteroatoms. The molecule has 2 amide bonds. The van der Waals surface area contributed by atoms with Crippen LogP contribution < -0.4 is 10.2 Å². The maximum atomic E-state index is 13.6. The molecule has 5 nitrogen and oxygen atoms in total. The third-order valence-electron chi connectivity index (χ3n) is 5.94. The zero-order valence-corrected chi connectivity index (χ0v) is 17.1. The molecule has 1 aliphatic heterocycles. The summed E-state index contributed by atoms with van der Waals surface area (Å²) in [7, 11) is 1.83. The standard InChI is InChI=1S/C23H21N3O2S/c1-13-8-10-14(11-9-13)16-12-17-20(29-23(24-2)25-17)19-18(16)21(27)26(22(19)28)15-6-4-3-5-7-15/h3-11,16,18-19H,12H2,1-2H3,(H,24,25)/t16-,18+,19+/m0/s1. The molecule has 1 aliphatic carbocycles. The minimum Gasteiger partial charge on any atom is -0.365 e. The number of hydrogen-bond acceptors (Lipinski definition) is 5. The zero-order chi connectivity index (χ0) is 20.1. The topological polar surface area (TPSA) is 62.3 Å². The van der Waals surface area contributed by atoms with Gasteiger partial charge >= 0.3 is 0 Å². The summed E-state index contributed by atoms with van der Waals surface area (Å²) in [6.45, 7) is 2.05. The van der Waals surface area contributed by atoms with Gasteiger partial charge in [0, 0.05) is 17.8 Å². The van der Waals surface area contributed by atoms with Crippen molar-refractivity contribution < 1.29 is 9.59 Å². The number of aromatic nitrogens is 1. The van der Waals surface area contributed by atoms with Gasteiger partial charge in [0.25, 0.3) is 0 Å². The Kier molecular flexibility index (Phi) is 4.24. The van der Waals surface area contributed by atoms with Crippen LogP contribution in [0.1, 0.15) is 33.5 Å². The number of nitrogens with zero attached hydrogens (tertiary/aromatic N) is 2. The number of thiazole rings is 1. The first-order valence-electron chi connectivity index (χ1n) is 9.75. The van der Waals surface area contributed by atoms with E-state index in [4.69, 9.17) is 4.98 Å². The number of imide groups is 1. The highest BCUT2D eigenvalue weighted by Gasteiger charge is 2.56. The van der Waals surface area contributed by atoms with Crippen LogP contribution in [0.2, 0.25) is 0 Å². The van der Waals surface area contributed by atoms with Gasteiger partial charge in [-0.1, -0.05) is 48.0 Å². The third kappa shape index (κ3) is 2.78. The number of aryl methyl sites for hydroxylation is 1. The van der Waals surface area contributed by atoms with Crippen molar-refractivity contribution in [2.24, 2.45) is 5.92 Å². The molecular formula is C23H21N3O2S. The Morgan fingerprint density at radius 1 is 1.03 bits per heavy atom. The predicted octanol–water partition coefficient (Wildman–Crippen LogP) is 4.11. The Labute approximate surface area is 173 Å². The van der Waals surface area contributed by atoms with Gasteiger partial charge in [-0.15, -0.1) is 11.3 Å². The number of fused-ring (bicyclic) bond motifs is 3. The fraction of sp³-hybridized carbons (Fsp3) is 0.261. The molecule has 1 fully saturated rings. The van der Waals surface area contributed by atoms with Crippen molar-refractivity contribution in [1.29, 1.82) is 0 Å². The summed E-state index contributed by atoms with van der Waals surface area (Å²) < 4.78 is 0. The highest BCUT2D eigenvalue weighted by Crippen LogP contribution is 2.52. The van der Waals surface area contributed by atoms with Crippen LogP contribution in [0.3, 0.4) is 0 Å². The van der Waals surface area contributed by atoms with E-state index < -0.39 is 11.8 Å². The summed E-state index contributed by atoms with van der Waals surface area (Å²) in [6, 6.07) is 17.5. The lowest BCUT2D eigenvalue weighted by molar-refractivity contribution is -0.122. The Morgan fingerprint density at radius 2 is 1.76 bits per heavy atom. The average Bonchev–Trinajstić information content (AvgIpc) is 3.27. The summed E-state index contributed by atoms with van der Waals surface area (Å²) in [5, 5.41) is 3.88. The Morgan fingerprint density at radius 3 is 2.45 bits per heavy atom. The average molecular weight is 404 g/mol. The molecule has 0 unspecified atom stereocenters. The molecule has 1 saturated heterocycles. The lowest BCUT2D eigenvalue weighted by atomic mass is 9.72. The van der Waals surface area contributed by atoms with E-state index in [9.17, 15) is 9.59 Å². The van der Waals surface area contributed by atoms with Crippen molar-refractivity contribution in [3.63, 3.8) is 0 Å². The Hall–Kier alpha value is -2.99. The van der Waals surface area contributed by atoms with Crippen molar-refractivity contribution in [3.8, 4) is 0 Å². The van der Waals surface area contributed by atoms with Gasteiger partial charge in [0.1, 0.15) is 0 Å². The molecule has 0 radical (unpaired) electrons. The van der Waals surface area contributed by atoms with Gasteiger partial charge in [-0.3, -0.25) is 9.59 Å². The van der Waals surface area contributed by atoms with Gasteiger partial charge in [0.2, 0.25) is 11.8 Å². The van der Waals surface area contributed by atoms with E-state index >= 15 is 0 Å². The number of hydrogen-bond donors (Lipinski definition) is 1. The summed E-state index contributed by atoms with van der Waals surface area (Å²) in [5.74, 6) is -1.19.